The first-order chi connectivity index (χ1) is 14.3. The predicted molar refractivity (Wildman–Crippen MR) is 105 cm³/mol. The Morgan fingerprint density at radius 3 is 2.42 bits per heavy atom. The number of fused-ring (bicyclic) bond motifs is 1. The molecule has 0 aromatic heterocycles. The summed E-state index contributed by atoms with van der Waals surface area (Å²) in [5, 5.41) is 11.4. The number of carboxylic acids is 1. The van der Waals surface area contributed by atoms with Crippen molar-refractivity contribution >= 4 is 29.2 Å². The van der Waals surface area contributed by atoms with Crippen LogP contribution in [0, 0.1) is 0 Å². The number of amides is 2. The van der Waals surface area contributed by atoms with E-state index in [-0.39, 0.29) is 17.0 Å². The summed E-state index contributed by atoms with van der Waals surface area (Å²) >= 11 is 0. The van der Waals surface area contributed by atoms with Gasteiger partial charge in [-0.15, -0.1) is 0 Å². The number of alkyl halides is 3. The lowest BCUT2D eigenvalue weighted by Gasteiger charge is -2.41. The van der Waals surface area contributed by atoms with Gasteiger partial charge in [0.1, 0.15) is 11.8 Å². The van der Waals surface area contributed by atoms with Crippen molar-refractivity contribution in [3.63, 3.8) is 0 Å². The van der Waals surface area contributed by atoms with E-state index < -0.39 is 46.9 Å². The zero-order chi connectivity index (χ0) is 23.1. The number of anilines is 2. The number of hydrogen-bond acceptors (Lipinski definition) is 4. The number of rotatable bonds is 4. The minimum Gasteiger partial charge on any atom is -0.478 e. The van der Waals surface area contributed by atoms with Crippen LogP contribution in [0.25, 0.3) is 0 Å². The van der Waals surface area contributed by atoms with E-state index in [2.05, 4.69) is 5.32 Å². The van der Waals surface area contributed by atoms with Crippen LogP contribution >= 0.6 is 0 Å². The molecule has 1 aliphatic heterocycles. The first kappa shape index (κ1) is 22.1. The number of ether oxygens (including phenoxy) is 1. The maximum Gasteiger partial charge on any atom is 0.418 e. The Kier molecular flexibility index (Phi) is 5.43. The second kappa shape index (κ2) is 7.60. The third-order valence-electron chi connectivity index (χ3n) is 4.82. The Labute approximate surface area is 175 Å². The lowest BCUT2D eigenvalue weighted by molar-refractivity contribution is -0.137. The summed E-state index contributed by atoms with van der Waals surface area (Å²) in [6, 6.07) is 7.07. The molecule has 1 aliphatic rings. The second-order valence-corrected chi connectivity index (χ2v) is 7.48. The van der Waals surface area contributed by atoms with Crippen molar-refractivity contribution in [1.29, 1.82) is 0 Å². The molecule has 31 heavy (non-hydrogen) atoms. The van der Waals surface area contributed by atoms with E-state index in [1.54, 1.807) is 0 Å². The molecule has 7 nitrogen and oxygen atoms in total. The topological polar surface area (TPSA) is 95.9 Å². The summed E-state index contributed by atoms with van der Waals surface area (Å²) in [5.74, 6) is -2.59. The van der Waals surface area contributed by atoms with Crippen LogP contribution in [0.15, 0.2) is 42.5 Å². The average Bonchev–Trinajstić information content (AvgIpc) is 2.67. The SMILES string of the molecule is CC(C(=O)Nc1ccccc1C(F)(F)F)N1C(=O)C(C)(C)Oc2cc(C(=O)O)ccc21. The van der Waals surface area contributed by atoms with Crippen molar-refractivity contribution in [2.24, 2.45) is 0 Å². The quantitative estimate of drug-likeness (QED) is 0.757. The molecular weight excluding hydrogens is 417 g/mol. The van der Waals surface area contributed by atoms with Gasteiger partial charge in [-0.2, -0.15) is 13.2 Å². The highest BCUT2D eigenvalue weighted by molar-refractivity contribution is 6.09. The van der Waals surface area contributed by atoms with Crippen LogP contribution in [0.2, 0.25) is 0 Å². The summed E-state index contributed by atoms with van der Waals surface area (Å²) in [5.41, 5.74) is -2.83. The molecule has 1 atom stereocenters. The van der Waals surface area contributed by atoms with Gasteiger partial charge in [0.15, 0.2) is 5.60 Å². The number of para-hydroxylation sites is 1. The number of aromatic carboxylic acids is 1. The maximum absolute atomic E-state index is 13.2. The number of halogens is 3. The Balaban J connectivity index is 1.98. The van der Waals surface area contributed by atoms with Crippen LogP contribution in [0.5, 0.6) is 5.75 Å². The third kappa shape index (κ3) is 4.18. The molecule has 2 N–H and O–H groups in total. The van der Waals surface area contributed by atoms with Crippen molar-refractivity contribution in [2.75, 3.05) is 10.2 Å². The highest BCUT2D eigenvalue weighted by atomic mass is 19.4. The average molecular weight is 436 g/mol. The third-order valence-corrected chi connectivity index (χ3v) is 4.82. The number of nitrogens with one attached hydrogen (secondary N) is 1. The van der Waals surface area contributed by atoms with Gasteiger partial charge in [-0.1, -0.05) is 12.1 Å². The number of carbonyl (C=O) groups excluding carboxylic acids is 2. The highest BCUT2D eigenvalue weighted by Gasteiger charge is 2.45. The van der Waals surface area contributed by atoms with Crippen LogP contribution in [0.1, 0.15) is 36.7 Å². The molecule has 1 heterocycles. The van der Waals surface area contributed by atoms with Crippen LogP contribution in [0.3, 0.4) is 0 Å². The predicted octanol–water partition coefficient (Wildman–Crippen LogP) is 3.93. The molecule has 2 amide bonds. The van der Waals surface area contributed by atoms with E-state index in [0.717, 1.165) is 17.0 Å². The van der Waals surface area contributed by atoms with E-state index in [4.69, 9.17) is 4.74 Å². The number of carboxylic acid groups (broad SMARTS) is 1. The Hall–Kier alpha value is -3.56. The molecule has 0 aliphatic carbocycles. The number of benzene rings is 2. The summed E-state index contributed by atoms with van der Waals surface area (Å²) in [4.78, 5) is 38.2. The van der Waals surface area contributed by atoms with Crippen LogP contribution < -0.4 is 15.0 Å². The van der Waals surface area contributed by atoms with E-state index in [1.165, 1.54) is 51.1 Å². The first-order valence-electron chi connectivity index (χ1n) is 9.20. The van der Waals surface area contributed by atoms with Crippen molar-refractivity contribution in [3.8, 4) is 5.75 Å². The minimum absolute atomic E-state index is 0.0693. The summed E-state index contributed by atoms with van der Waals surface area (Å²) < 4.78 is 45.3. The van der Waals surface area contributed by atoms with Crippen LogP contribution in [0.4, 0.5) is 24.5 Å². The van der Waals surface area contributed by atoms with Gasteiger partial charge in [0.05, 0.1) is 22.5 Å². The molecule has 0 bridgehead atoms. The molecule has 0 spiro atoms. The Morgan fingerprint density at radius 2 is 1.81 bits per heavy atom. The normalized spacial score (nSPS) is 16.2. The lowest BCUT2D eigenvalue weighted by Crippen LogP contribution is -2.58. The fourth-order valence-electron chi connectivity index (χ4n) is 3.22. The van der Waals surface area contributed by atoms with Crippen LogP contribution in [-0.2, 0) is 15.8 Å². The molecule has 0 fully saturated rings. The molecule has 2 aromatic carbocycles. The molecule has 0 saturated carbocycles. The van der Waals surface area contributed by atoms with Crippen molar-refractivity contribution in [2.45, 2.75) is 38.6 Å². The number of nitrogens with zero attached hydrogens (tertiary/aromatic N) is 1. The van der Waals surface area contributed by atoms with Gasteiger partial charge < -0.3 is 15.2 Å². The highest BCUT2D eigenvalue weighted by Crippen LogP contribution is 2.40. The van der Waals surface area contributed by atoms with E-state index >= 15 is 0 Å². The summed E-state index contributed by atoms with van der Waals surface area (Å²) in [7, 11) is 0. The van der Waals surface area contributed by atoms with Crippen molar-refractivity contribution in [1.82, 2.24) is 0 Å². The smallest absolute Gasteiger partial charge is 0.418 e. The largest absolute Gasteiger partial charge is 0.478 e. The van der Waals surface area contributed by atoms with Gasteiger partial charge in [0.2, 0.25) is 5.91 Å². The van der Waals surface area contributed by atoms with Crippen molar-refractivity contribution in [3.05, 3.63) is 53.6 Å². The fourth-order valence-corrected chi connectivity index (χ4v) is 3.22. The van der Waals surface area contributed by atoms with Crippen molar-refractivity contribution < 1.29 is 37.4 Å². The molecule has 10 heteroatoms. The van der Waals surface area contributed by atoms with Gasteiger partial charge in [-0.25, -0.2) is 4.79 Å². The molecule has 3 rings (SSSR count). The number of carbonyl (C=O) groups is 3. The van der Waals surface area contributed by atoms with Gasteiger partial charge in [0, 0.05) is 0 Å². The zero-order valence-corrected chi connectivity index (χ0v) is 16.8. The van der Waals surface area contributed by atoms with E-state index in [0.29, 0.717) is 0 Å². The van der Waals surface area contributed by atoms with E-state index in [9.17, 15) is 32.7 Å². The van der Waals surface area contributed by atoms with Crippen LogP contribution in [-0.4, -0.2) is 34.5 Å². The maximum atomic E-state index is 13.2. The van der Waals surface area contributed by atoms with Gasteiger partial charge in [-0.05, 0) is 51.1 Å². The Bertz CT molecular complexity index is 1070. The fraction of sp³-hybridized carbons (Fsp3) is 0.286. The number of hydrogen-bond donors (Lipinski definition) is 2. The molecule has 2 aromatic rings. The summed E-state index contributed by atoms with van der Waals surface area (Å²) in [6.07, 6.45) is -4.68. The van der Waals surface area contributed by atoms with E-state index in [1.807, 2.05) is 0 Å². The van der Waals surface area contributed by atoms with Gasteiger partial charge in [0.25, 0.3) is 5.91 Å². The van der Waals surface area contributed by atoms with Gasteiger partial charge in [-0.3, -0.25) is 14.5 Å². The second-order valence-electron chi connectivity index (χ2n) is 7.48. The molecule has 0 radical (unpaired) electrons. The van der Waals surface area contributed by atoms with Gasteiger partial charge >= 0.3 is 12.1 Å². The summed E-state index contributed by atoms with van der Waals surface area (Å²) in [6.45, 7) is 4.25. The Morgan fingerprint density at radius 1 is 1.16 bits per heavy atom. The molecule has 1 unspecified atom stereocenters. The standard InChI is InChI=1S/C21H19F3N2O5/c1-11(17(27)25-14-7-5-4-6-13(14)21(22,23)24)26-15-9-8-12(18(28)29)10-16(15)31-20(2,3)19(26)30/h4-11H,1-3H3,(H,25,27)(H,28,29). The monoisotopic (exact) mass is 436 g/mol. The molecular formula is C21H19F3N2O5. The minimum atomic E-state index is -4.68. The zero-order valence-electron chi connectivity index (χ0n) is 16.8. The lowest BCUT2D eigenvalue weighted by atomic mass is 10.0. The first-order valence-corrected chi connectivity index (χ1v) is 9.20. The molecule has 0 saturated heterocycles. The molecule has 164 valence electrons.